The molecule has 1 aliphatic heterocycles. The molecule has 0 aliphatic carbocycles. The van der Waals surface area contributed by atoms with Crippen molar-refractivity contribution in [1.29, 1.82) is 0 Å². The quantitative estimate of drug-likeness (QED) is 0.668. The number of nitrogens with one attached hydrogen (secondary N) is 1. The molecule has 7 heteroatoms. The fraction of sp³-hybridized carbons (Fsp3) is 0.360. The van der Waals surface area contributed by atoms with Gasteiger partial charge in [-0.15, -0.1) is 0 Å². The van der Waals surface area contributed by atoms with Crippen molar-refractivity contribution in [3.05, 3.63) is 77.4 Å². The van der Waals surface area contributed by atoms with Crippen molar-refractivity contribution in [3.8, 4) is 0 Å². The van der Waals surface area contributed by atoms with Crippen molar-refractivity contribution in [2.75, 3.05) is 33.7 Å². The van der Waals surface area contributed by atoms with Gasteiger partial charge in [-0.1, -0.05) is 36.4 Å². The summed E-state index contributed by atoms with van der Waals surface area (Å²) < 4.78 is 28.4. The molecule has 0 spiro atoms. The Kier molecular flexibility index (Phi) is 8.11. The van der Waals surface area contributed by atoms with Crippen LogP contribution < -0.4 is 5.32 Å². The average molecular weight is 442 g/mol. The molecule has 5 nitrogen and oxygen atoms in total. The Hall–Kier alpha value is -3.06. The van der Waals surface area contributed by atoms with E-state index in [1.807, 2.05) is 30.3 Å². The Balaban J connectivity index is 1.51. The van der Waals surface area contributed by atoms with Crippen molar-refractivity contribution < 1.29 is 18.4 Å². The van der Waals surface area contributed by atoms with Crippen LogP contribution >= 0.6 is 0 Å². The number of hydrogen-bond donors (Lipinski definition) is 1. The van der Waals surface area contributed by atoms with Crippen LogP contribution in [0.3, 0.4) is 0 Å². The fourth-order valence-electron chi connectivity index (χ4n) is 3.91. The van der Waals surface area contributed by atoms with Gasteiger partial charge in [0.25, 0.3) is 0 Å². The second-order valence-corrected chi connectivity index (χ2v) is 8.20. The second-order valence-electron chi connectivity index (χ2n) is 8.20. The summed E-state index contributed by atoms with van der Waals surface area (Å²) in [7, 11) is 3.44. The number of amides is 2. The summed E-state index contributed by atoms with van der Waals surface area (Å²) >= 11 is 0. The Morgan fingerprint density at radius 3 is 2.28 bits per heavy atom. The maximum absolute atomic E-state index is 14.2. The van der Waals surface area contributed by atoms with Crippen LogP contribution in [0, 0.1) is 17.6 Å². The average Bonchev–Trinajstić information content (AvgIpc) is 2.79. The molecule has 1 aliphatic rings. The monoisotopic (exact) mass is 441 g/mol. The summed E-state index contributed by atoms with van der Waals surface area (Å²) in [5.74, 6) is -1.72. The lowest BCUT2D eigenvalue weighted by Crippen LogP contribution is -2.44. The predicted octanol–water partition coefficient (Wildman–Crippen LogP) is 3.64. The molecular formula is C25H29F2N3O2. The third kappa shape index (κ3) is 6.01. The lowest BCUT2D eigenvalue weighted by molar-refractivity contribution is -0.132. The van der Waals surface area contributed by atoms with Crippen molar-refractivity contribution in [1.82, 2.24) is 15.1 Å². The molecule has 2 aromatic rings. The van der Waals surface area contributed by atoms with E-state index < -0.39 is 17.7 Å². The van der Waals surface area contributed by atoms with Gasteiger partial charge < -0.3 is 15.1 Å². The molecule has 1 saturated heterocycles. The molecular weight excluding hydrogens is 412 g/mol. The van der Waals surface area contributed by atoms with Crippen LogP contribution in [-0.4, -0.2) is 55.3 Å². The molecule has 1 heterocycles. The molecule has 32 heavy (non-hydrogen) atoms. The Bertz CT molecular complexity index is 935. The van der Waals surface area contributed by atoms with E-state index in [1.54, 1.807) is 36.0 Å². The molecule has 1 atom stereocenters. The minimum absolute atomic E-state index is 0.0524. The van der Waals surface area contributed by atoms with Crippen LogP contribution in [0.4, 0.5) is 8.78 Å². The van der Waals surface area contributed by atoms with E-state index in [0.29, 0.717) is 25.9 Å². The first kappa shape index (κ1) is 23.6. The standard InChI is InChI=1S/C25H29F2N3O2/c1-29(2)22(24-20(26)9-6-10-21(24)27)17-28-25(32)19-13-15-30(16-14-19)23(31)12-11-18-7-4-3-5-8-18/h3-12,19,22H,13-17H2,1-2H3,(H,28,32). The van der Waals surface area contributed by atoms with E-state index in [9.17, 15) is 18.4 Å². The summed E-state index contributed by atoms with van der Waals surface area (Å²) in [6.07, 6.45) is 4.44. The first-order chi connectivity index (χ1) is 15.4. The summed E-state index contributed by atoms with van der Waals surface area (Å²) in [4.78, 5) is 28.5. The molecule has 2 amide bonds. The minimum atomic E-state index is -0.631. The molecule has 0 aromatic heterocycles. The zero-order valence-electron chi connectivity index (χ0n) is 18.4. The first-order valence-corrected chi connectivity index (χ1v) is 10.8. The van der Waals surface area contributed by atoms with Crippen LogP contribution in [0.1, 0.15) is 30.0 Å². The fourth-order valence-corrected chi connectivity index (χ4v) is 3.91. The number of carbonyl (C=O) groups is 2. The topological polar surface area (TPSA) is 52.7 Å². The molecule has 2 aromatic carbocycles. The minimum Gasteiger partial charge on any atom is -0.354 e. The van der Waals surface area contributed by atoms with Gasteiger partial charge in [0.1, 0.15) is 11.6 Å². The number of likely N-dealkylation sites (N-methyl/N-ethyl adjacent to an activating group) is 1. The number of likely N-dealkylation sites (tertiary alicyclic amines) is 1. The normalized spacial score (nSPS) is 15.8. The molecule has 1 fully saturated rings. The summed E-state index contributed by atoms with van der Waals surface area (Å²) in [6.45, 7) is 1.09. The number of halogens is 2. The van der Waals surface area contributed by atoms with Gasteiger partial charge in [0.2, 0.25) is 11.8 Å². The summed E-state index contributed by atoms with van der Waals surface area (Å²) in [5, 5.41) is 2.85. The number of piperidine rings is 1. The largest absolute Gasteiger partial charge is 0.354 e. The maximum Gasteiger partial charge on any atom is 0.246 e. The van der Waals surface area contributed by atoms with Gasteiger partial charge in [-0.05, 0) is 50.7 Å². The third-order valence-corrected chi connectivity index (χ3v) is 5.82. The molecule has 0 radical (unpaired) electrons. The highest BCUT2D eigenvalue weighted by molar-refractivity contribution is 5.92. The Morgan fingerprint density at radius 1 is 1.06 bits per heavy atom. The first-order valence-electron chi connectivity index (χ1n) is 10.8. The van der Waals surface area contributed by atoms with E-state index in [1.165, 1.54) is 18.2 Å². The zero-order chi connectivity index (χ0) is 23.1. The van der Waals surface area contributed by atoms with Crippen LogP contribution in [0.15, 0.2) is 54.6 Å². The maximum atomic E-state index is 14.2. The van der Waals surface area contributed by atoms with Crippen molar-refractivity contribution in [3.63, 3.8) is 0 Å². The van der Waals surface area contributed by atoms with Crippen LogP contribution in [0.25, 0.3) is 6.08 Å². The molecule has 170 valence electrons. The van der Waals surface area contributed by atoms with Gasteiger partial charge in [0.05, 0.1) is 6.04 Å². The Morgan fingerprint density at radius 2 is 1.69 bits per heavy atom. The van der Waals surface area contributed by atoms with E-state index in [-0.39, 0.29) is 29.8 Å². The van der Waals surface area contributed by atoms with Gasteiger partial charge in [0.15, 0.2) is 0 Å². The SMILES string of the molecule is CN(C)C(CNC(=O)C1CCN(C(=O)C=Cc2ccccc2)CC1)c1c(F)cccc1F. The third-order valence-electron chi connectivity index (χ3n) is 5.82. The van der Waals surface area contributed by atoms with Crippen LogP contribution in [0.5, 0.6) is 0 Å². The van der Waals surface area contributed by atoms with E-state index >= 15 is 0 Å². The molecule has 0 bridgehead atoms. The molecule has 3 rings (SSSR count). The van der Waals surface area contributed by atoms with Gasteiger partial charge in [-0.25, -0.2) is 8.78 Å². The van der Waals surface area contributed by atoms with Gasteiger partial charge >= 0.3 is 0 Å². The molecule has 0 saturated carbocycles. The number of rotatable bonds is 7. The second kappa shape index (κ2) is 11.0. The summed E-state index contributed by atoms with van der Waals surface area (Å²) in [6, 6.07) is 12.7. The van der Waals surface area contributed by atoms with E-state index in [2.05, 4.69) is 5.32 Å². The molecule has 1 unspecified atom stereocenters. The van der Waals surface area contributed by atoms with Crippen molar-refractivity contribution in [2.45, 2.75) is 18.9 Å². The van der Waals surface area contributed by atoms with Crippen molar-refractivity contribution >= 4 is 17.9 Å². The highest BCUT2D eigenvalue weighted by Crippen LogP contribution is 2.24. The van der Waals surface area contributed by atoms with Crippen LogP contribution in [-0.2, 0) is 9.59 Å². The molecule has 1 N–H and O–H groups in total. The Labute approximate surface area is 187 Å². The number of nitrogens with zero attached hydrogens (tertiary/aromatic N) is 2. The zero-order valence-corrected chi connectivity index (χ0v) is 18.4. The number of carbonyl (C=O) groups excluding carboxylic acids is 2. The van der Waals surface area contributed by atoms with Gasteiger partial charge in [0, 0.05) is 37.2 Å². The highest BCUT2D eigenvalue weighted by Gasteiger charge is 2.28. The van der Waals surface area contributed by atoms with Crippen molar-refractivity contribution in [2.24, 2.45) is 5.92 Å². The van der Waals surface area contributed by atoms with E-state index in [4.69, 9.17) is 0 Å². The predicted molar refractivity (Wildman–Crippen MR) is 121 cm³/mol. The van der Waals surface area contributed by atoms with Gasteiger partial charge in [-0.3, -0.25) is 9.59 Å². The van der Waals surface area contributed by atoms with Crippen LogP contribution in [0.2, 0.25) is 0 Å². The highest BCUT2D eigenvalue weighted by atomic mass is 19.1. The summed E-state index contributed by atoms with van der Waals surface area (Å²) in [5.41, 5.74) is 0.903. The number of hydrogen-bond acceptors (Lipinski definition) is 3. The van der Waals surface area contributed by atoms with E-state index in [0.717, 1.165) is 5.56 Å². The lowest BCUT2D eigenvalue weighted by atomic mass is 9.95. The van der Waals surface area contributed by atoms with Gasteiger partial charge in [-0.2, -0.15) is 0 Å². The number of benzene rings is 2. The lowest BCUT2D eigenvalue weighted by Gasteiger charge is -2.31. The smallest absolute Gasteiger partial charge is 0.246 e.